The van der Waals surface area contributed by atoms with Crippen LogP contribution in [-0.2, 0) is 7.05 Å². The fraction of sp³-hybridized carbons (Fsp3) is 0.167. The summed E-state index contributed by atoms with van der Waals surface area (Å²) >= 11 is 0. The zero-order valence-electron chi connectivity index (χ0n) is 13.0. The zero-order valence-corrected chi connectivity index (χ0v) is 13.0. The van der Waals surface area contributed by atoms with Crippen molar-refractivity contribution in [2.24, 2.45) is 7.05 Å². The smallest absolute Gasteiger partial charge is 0.251 e. The Bertz CT molecular complexity index is 905. The molecule has 3 rings (SSSR count). The van der Waals surface area contributed by atoms with Crippen LogP contribution in [0, 0.1) is 11.6 Å². The molecule has 0 fully saturated rings. The first-order valence-corrected chi connectivity index (χ1v) is 7.42. The van der Waals surface area contributed by atoms with E-state index in [9.17, 15) is 18.7 Å². The minimum Gasteiger partial charge on any atom is -0.387 e. The van der Waals surface area contributed by atoms with E-state index < -0.39 is 23.6 Å². The third-order valence-corrected chi connectivity index (χ3v) is 3.93. The number of halogens is 2. The summed E-state index contributed by atoms with van der Waals surface area (Å²) < 4.78 is 28.0. The summed E-state index contributed by atoms with van der Waals surface area (Å²) in [4.78, 5) is 11.9. The van der Waals surface area contributed by atoms with E-state index in [4.69, 9.17) is 0 Å². The Morgan fingerprint density at radius 1 is 1.17 bits per heavy atom. The first kappa shape index (κ1) is 16.1. The first-order valence-electron chi connectivity index (χ1n) is 7.42. The minimum absolute atomic E-state index is 0.000360. The maximum absolute atomic E-state index is 13.1. The monoisotopic (exact) mass is 330 g/mol. The molecule has 124 valence electrons. The Labute approximate surface area is 137 Å². The van der Waals surface area contributed by atoms with Gasteiger partial charge in [0.1, 0.15) is 0 Å². The van der Waals surface area contributed by atoms with E-state index in [1.165, 1.54) is 6.07 Å². The Kier molecular flexibility index (Phi) is 4.31. The number of aryl methyl sites for hydroxylation is 1. The number of hydrogen-bond donors (Lipinski definition) is 2. The number of benzene rings is 2. The van der Waals surface area contributed by atoms with Crippen molar-refractivity contribution < 1.29 is 18.7 Å². The Morgan fingerprint density at radius 3 is 2.71 bits per heavy atom. The van der Waals surface area contributed by atoms with Crippen molar-refractivity contribution in [2.75, 3.05) is 6.54 Å². The van der Waals surface area contributed by atoms with Gasteiger partial charge in [-0.25, -0.2) is 8.78 Å². The van der Waals surface area contributed by atoms with Gasteiger partial charge in [0.15, 0.2) is 11.6 Å². The second-order valence-electron chi connectivity index (χ2n) is 5.60. The van der Waals surface area contributed by atoms with Crippen molar-refractivity contribution in [3.63, 3.8) is 0 Å². The molecule has 0 radical (unpaired) electrons. The van der Waals surface area contributed by atoms with Crippen LogP contribution in [0.4, 0.5) is 8.78 Å². The Morgan fingerprint density at radius 2 is 1.96 bits per heavy atom. The number of carbonyl (C=O) groups is 1. The third kappa shape index (κ3) is 3.14. The summed E-state index contributed by atoms with van der Waals surface area (Å²) in [5, 5.41) is 13.7. The molecule has 0 saturated carbocycles. The standard InChI is InChI=1S/C18H16F2N2O2/c1-22-7-6-11-8-12(3-5-16(11)22)17(23)10-21-18(24)13-2-4-14(19)15(20)9-13/h2-9,17,23H,10H2,1H3,(H,21,24). The predicted octanol–water partition coefficient (Wildman–Crippen LogP) is 2.92. The van der Waals surface area contributed by atoms with Gasteiger partial charge >= 0.3 is 0 Å². The Hall–Kier alpha value is -2.73. The van der Waals surface area contributed by atoms with Crippen LogP contribution in [0.5, 0.6) is 0 Å². The van der Waals surface area contributed by atoms with Gasteiger partial charge in [0.2, 0.25) is 0 Å². The lowest BCUT2D eigenvalue weighted by Gasteiger charge is -2.13. The second-order valence-corrected chi connectivity index (χ2v) is 5.60. The fourth-order valence-electron chi connectivity index (χ4n) is 2.55. The lowest BCUT2D eigenvalue weighted by molar-refractivity contribution is 0.0916. The molecule has 2 aromatic carbocycles. The van der Waals surface area contributed by atoms with Gasteiger partial charge < -0.3 is 15.0 Å². The van der Waals surface area contributed by atoms with E-state index in [2.05, 4.69) is 5.32 Å². The topological polar surface area (TPSA) is 54.3 Å². The summed E-state index contributed by atoms with van der Waals surface area (Å²) in [5.74, 6) is -2.67. The summed E-state index contributed by atoms with van der Waals surface area (Å²) in [7, 11) is 1.93. The lowest BCUT2D eigenvalue weighted by Crippen LogP contribution is -2.28. The van der Waals surface area contributed by atoms with Crippen molar-refractivity contribution in [3.8, 4) is 0 Å². The van der Waals surface area contributed by atoms with E-state index in [1.807, 2.05) is 36.0 Å². The van der Waals surface area contributed by atoms with Crippen molar-refractivity contribution in [2.45, 2.75) is 6.10 Å². The number of aliphatic hydroxyl groups excluding tert-OH is 1. The number of nitrogens with one attached hydrogen (secondary N) is 1. The summed E-state index contributed by atoms with van der Waals surface area (Å²) in [6.45, 7) is -0.0316. The highest BCUT2D eigenvalue weighted by Gasteiger charge is 2.13. The molecule has 1 unspecified atom stereocenters. The maximum Gasteiger partial charge on any atom is 0.251 e. The normalized spacial score (nSPS) is 12.3. The molecular weight excluding hydrogens is 314 g/mol. The minimum atomic E-state index is -1.09. The van der Waals surface area contributed by atoms with Crippen LogP contribution < -0.4 is 5.32 Å². The summed E-state index contributed by atoms with van der Waals surface area (Å²) in [6, 6.07) is 10.4. The van der Waals surface area contributed by atoms with Gasteiger partial charge in [0.05, 0.1) is 6.10 Å². The molecule has 6 heteroatoms. The SMILES string of the molecule is Cn1ccc2cc(C(O)CNC(=O)c3ccc(F)c(F)c3)ccc21. The van der Waals surface area contributed by atoms with Crippen LogP contribution >= 0.6 is 0 Å². The number of fused-ring (bicyclic) bond motifs is 1. The number of rotatable bonds is 4. The van der Waals surface area contributed by atoms with Gasteiger partial charge in [-0.2, -0.15) is 0 Å². The number of amides is 1. The van der Waals surface area contributed by atoms with Crippen LogP contribution in [0.1, 0.15) is 22.0 Å². The number of carbonyl (C=O) groups excluding carboxylic acids is 1. The molecule has 3 aromatic rings. The van der Waals surface area contributed by atoms with Crippen LogP contribution in [0.15, 0.2) is 48.7 Å². The first-order chi connectivity index (χ1) is 11.5. The number of aliphatic hydroxyl groups is 1. The van der Waals surface area contributed by atoms with Gasteiger partial charge in [0, 0.05) is 30.9 Å². The molecule has 24 heavy (non-hydrogen) atoms. The van der Waals surface area contributed by atoms with Crippen molar-refractivity contribution >= 4 is 16.8 Å². The molecule has 0 aliphatic rings. The molecule has 1 atom stereocenters. The predicted molar refractivity (Wildman–Crippen MR) is 86.6 cm³/mol. The third-order valence-electron chi connectivity index (χ3n) is 3.93. The van der Waals surface area contributed by atoms with Crippen LogP contribution in [-0.4, -0.2) is 22.1 Å². The van der Waals surface area contributed by atoms with Crippen molar-refractivity contribution in [1.82, 2.24) is 9.88 Å². The molecule has 2 N–H and O–H groups in total. The van der Waals surface area contributed by atoms with E-state index in [-0.39, 0.29) is 12.1 Å². The molecule has 1 amide bonds. The number of hydrogen-bond acceptors (Lipinski definition) is 2. The highest BCUT2D eigenvalue weighted by Crippen LogP contribution is 2.21. The zero-order chi connectivity index (χ0) is 17.3. The molecule has 1 heterocycles. The van der Waals surface area contributed by atoms with Gasteiger partial charge in [0.25, 0.3) is 5.91 Å². The number of nitrogens with zero attached hydrogens (tertiary/aromatic N) is 1. The summed E-state index contributed by atoms with van der Waals surface area (Å²) in [5.41, 5.74) is 1.70. The quantitative estimate of drug-likeness (QED) is 0.773. The average molecular weight is 330 g/mol. The Balaban J connectivity index is 1.68. The van der Waals surface area contributed by atoms with E-state index >= 15 is 0 Å². The van der Waals surface area contributed by atoms with Crippen LogP contribution in [0.3, 0.4) is 0 Å². The van der Waals surface area contributed by atoms with Gasteiger partial charge in [-0.05, 0) is 47.3 Å². The van der Waals surface area contributed by atoms with Crippen molar-refractivity contribution in [3.05, 3.63) is 71.4 Å². The molecular formula is C18H16F2N2O2. The van der Waals surface area contributed by atoms with E-state index in [1.54, 1.807) is 6.07 Å². The van der Waals surface area contributed by atoms with Crippen LogP contribution in [0.25, 0.3) is 10.9 Å². The maximum atomic E-state index is 13.1. The fourth-order valence-corrected chi connectivity index (χ4v) is 2.55. The van der Waals surface area contributed by atoms with Gasteiger partial charge in [-0.1, -0.05) is 6.07 Å². The summed E-state index contributed by atoms with van der Waals surface area (Å²) in [6.07, 6.45) is 1.02. The van der Waals surface area contributed by atoms with E-state index in [0.29, 0.717) is 5.56 Å². The highest BCUT2D eigenvalue weighted by molar-refractivity contribution is 5.94. The van der Waals surface area contributed by atoms with Gasteiger partial charge in [-0.3, -0.25) is 4.79 Å². The molecule has 4 nitrogen and oxygen atoms in total. The molecule has 0 aliphatic carbocycles. The average Bonchev–Trinajstić information content (AvgIpc) is 2.95. The van der Waals surface area contributed by atoms with Gasteiger partial charge in [-0.15, -0.1) is 0 Å². The molecule has 0 saturated heterocycles. The van der Waals surface area contributed by atoms with Crippen LogP contribution in [0.2, 0.25) is 0 Å². The lowest BCUT2D eigenvalue weighted by atomic mass is 10.1. The molecule has 0 spiro atoms. The molecule has 0 bridgehead atoms. The molecule has 0 aliphatic heterocycles. The molecule has 1 aromatic heterocycles. The highest BCUT2D eigenvalue weighted by atomic mass is 19.2. The van der Waals surface area contributed by atoms with E-state index in [0.717, 1.165) is 23.0 Å². The van der Waals surface area contributed by atoms with Crippen molar-refractivity contribution in [1.29, 1.82) is 0 Å². The number of aromatic nitrogens is 1. The second kappa shape index (κ2) is 6.41. The largest absolute Gasteiger partial charge is 0.387 e.